The largest absolute Gasteiger partial charge is 0.397 e. The van der Waals surface area contributed by atoms with Crippen molar-refractivity contribution in [2.45, 2.75) is 6.92 Å². The molecular formula is C13H16N4O2S. The van der Waals surface area contributed by atoms with Gasteiger partial charge in [0.1, 0.15) is 9.71 Å². The molecule has 0 aliphatic carbocycles. The molecule has 106 valence electrons. The van der Waals surface area contributed by atoms with E-state index in [4.69, 9.17) is 10.5 Å². The van der Waals surface area contributed by atoms with Gasteiger partial charge in [-0.15, -0.1) is 11.3 Å². The lowest BCUT2D eigenvalue weighted by molar-refractivity contribution is 0.0128. The fraction of sp³-hybridized carbons (Fsp3) is 0.385. The van der Waals surface area contributed by atoms with E-state index in [1.807, 2.05) is 18.0 Å². The summed E-state index contributed by atoms with van der Waals surface area (Å²) in [5.41, 5.74) is 10.5. The highest BCUT2D eigenvalue weighted by atomic mass is 32.1. The molecule has 0 radical (unpaired) electrons. The van der Waals surface area contributed by atoms with Crippen LogP contribution in [0.2, 0.25) is 0 Å². The monoisotopic (exact) mass is 292 g/mol. The number of aryl methyl sites for hydroxylation is 1. The average molecular weight is 292 g/mol. The number of nitrogens with one attached hydrogen (secondary N) is 1. The van der Waals surface area contributed by atoms with Crippen molar-refractivity contribution in [1.29, 1.82) is 0 Å². The second kappa shape index (κ2) is 5.35. The van der Waals surface area contributed by atoms with Gasteiger partial charge in [-0.05, 0) is 18.6 Å². The van der Waals surface area contributed by atoms with Crippen LogP contribution >= 0.6 is 11.3 Å². The lowest BCUT2D eigenvalue weighted by Gasteiger charge is -2.26. The summed E-state index contributed by atoms with van der Waals surface area (Å²) in [6.07, 6.45) is 1.73. The summed E-state index contributed by atoms with van der Waals surface area (Å²) >= 11 is 1.33. The Hall–Kier alpha value is -1.70. The Balaban J connectivity index is 1.87. The summed E-state index contributed by atoms with van der Waals surface area (Å²) in [6.45, 7) is 4.60. The number of fused-ring (bicyclic) bond motifs is 1. The molecule has 3 rings (SSSR count). The van der Waals surface area contributed by atoms with Crippen LogP contribution in [0.15, 0.2) is 12.3 Å². The van der Waals surface area contributed by atoms with E-state index in [2.05, 4.69) is 10.4 Å². The maximum absolute atomic E-state index is 12.3. The number of morpholine rings is 1. The quantitative estimate of drug-likeness (QED) is 0.868. The van der Waals surface area contributed by atoms with Crippen molar-refractivity contribution in [3.63, 3.8) is 0 Å². The molecule has 0 spiro atoms. The van der Waals surface area contributed by atoms with E-state index in [1.54, 1.807) is 6.20 Å². The lowest BCUT2D eigenvalue weighted by atomic mass is 10.2. The van der Waals surface area contributed by atoms with Crippen molar-refractivity contribution in [2.24, 2.45) is 0 Å². The Morgan fingerprint density at radius 3 is 2.95 bits per heavy atom. The first-order valence-corrected chi connectivity index (χ1v) is 7.25. The molecule has 1 aliphatic rings. The van der Waals surface area contributed by atoms with Crippen molar-refractivity contribution < 1.29 is 9.53 Å². The minimum Gasteiger partial charge on any atom is -0.397 e. The van der Waals surface area contributed by atoms with Gasteiger partial charge in [0, 0.05) is 24.7 Å². The van der Waals surface area contributed by atoms with Crippen LogP contribution in [-0.4, -0.2) is 42.2 Å². The summed E-state index contributed by atoms with van der Waals surface area (Å²) in [6, 6.07) is 1.90. The van der Waals surface area contributed by atoms with Gasteiger partial charge in [-0.1, -0.05) is 0 Å². The van der Waals surface area contributed by atoms with Crippen molar-refractivity contribution >= 4 is 33.1 Å². The number of ether oxygens (including phenoxy) is 1. The molecule has 1 aliphatic heterocycles. The molecule has 6 nitrogen and oxygen atoms in total. The molecule has 1 amide bonds. The predicted molar refractivity (Wildman–Crippen MR) is 78.6 cm³/mol. The van der Waals surface area contributed by atoms with Gasteiger partial charge in [0.2, 0.25) is 0 Å². The number of hydrazine groups is 1. The number of nitrogens with zero attached hydrogens (tertiary/aromatic N) is 2. The Morgan fingerprint density at radius 1 is 1.50 bits per heavy atom. The van der Waals surface area contributed by atoms with E-state index in [9.17, 15) is 4.79 Å². The molecule has 1 fully saturated rings. The van der Waals surface area contributed by atoms with Crippen LogP contribution < -0.4 is 11.2 Å². The molecule has 2 aromatic rings. The molecule has 3 N–H and O–H groups in total. The molecule has 7 heteroatoms. The number of rotatable bonds is 2. The van der Waals surface area contributed by atoms with E-state index in [0.717, 1.165) is 15.8 Å². The third-order valence-corrected chi connectivity index (χ3v) is 4.43. The van der Waals surface area contributed by atoms with Crippen LogP contribution in [0.3, 0.4) is 0 Å². The van der Waals surface area contributed by atoms with Gasteiger partial charge in [0.05, 0.1) is 18.9 Å². The van der Waals surface area contributed by atoms with Crippen LogP contribution in [-0.2, 0) is 4.74 Å². The van der Waals surface area contributed by atoms with Crippen LogP contribution in [0.25, 0.3) is 10.2 Å². The van der Waals surface area contributed by atoms with E-state index in [1.165, 1.54) is 11.3 Å². The standard InChI is InChI=1S/C13H16N4O2S/c1-8-2-3-15-13-9(8)10(14)11(20-13)12(18)16-17-4-6-19-7-5-17/h2-3H,4-7,14H2,1H3,(H,16,18). The number of pyridine rings is 1. The molecule has 1 saturated heterocycles. The van der Waals surface area contributed by atoms with Crippen LogP contribution in [0.4, 0.5) is 5.69 Å². The number of carbonyl (C=O) groups is 1. The van der Waals surface area contributed by atoms with Gasteiger partial charge in [-0.3, -0.25) is 10.2 Å². The zero-order chi connectivity index (χ0) is 14.1. The minimum absolute atomic E-state index is 0.174. The molecule has 0 atom stereocenters. The van der Waals surface area contributed by atoms with Gasteiger partial charge < -0.3 is 10.5 Å². The summed E-state index contributed by atoms with van der Waals surface area (Å²) in [5, 5.41) is 2.74. The summed E-state index contributed by atoms with van der Waals surface area (Å²) in [5.74, 6) is -0.174. The second-order valence-electron chi connectivity index (χ2n) is 4.69. The zero-order valence-electron chi connectivity index (χ0n) is 11.2. The first kappa shape index (κ1) is 13.3. The number of nitrogen functional groups attached to an aromatic ring is 1. The van der Waals surface area contributed by atoms with Crippen molar-refractivity contribution in [2.75, 3.05) is 32.0 Å². The van der Waals surface area contributed by atoms with Crippen LogP contribution in [0, 0.1) is 6.92 Å². The number of hydrogen-bond acceptors (Lipinski definition) is 6. The normalized spacial score (nSPS) is 16.4. The van der Waals surface area contributed by atoms with Crippen molar-refractivity contribution in [1.82, 2.24) is 15.4 Å². The third kappa shape index (κ3) is 2.35. The van der Waals surface area contributed by atoms with Gasteiger partial charge in [-0.25, -0.2) is 9.99 Å². The summed E-state index contributed by atoms with van der Waals surface area (Å²) in [7, 11) is 0. The Kier molecular flexibility index (Phi) is 3.56. The van der Waals surface area contributed by atoms with Crippen molar-refractivity contribution in [3.05, 3.63) is 22.7 Å². The number of aromatic nitrogens is 1. The van der Waals surface area contributed by atoms with Gasteiger partial charge in [-0.2, -0.15) is 0 Å². The number of amides is 1. The second-order valence-corrected chi connectivity index (χ2v) is 5.69. The number of anilines is 1. The van der Waals surface area contributed by atoms with Gasteiger partial charge in [0.15, 0.2) is 0 Å². The average Bonchev–Trinajstić information content (AvgIpc) is 2.79. The molecule has 20 heavy (non-hydrogen) atoms. The molecule has 0 aromatic carbocycles. The van der Waals surface area contributed by atoms with Crippen molar-refractivity contribution in [3.8, 4) is 0 Å². The predicted octanol–water partition coefficient (Wildman–Crippen LogP) is 1.16. The van der Waals surface area contributed by atoms with Crippen LogP contribution in [0.5, 0.6) is 0 Å². The topological polar surface area (TPSA) is 80.5 Å². The van der Waals surface area contributed by atoms with E-state index < -0.39 is 0 Å². The molecule has 3 heterocycles. The number of nitrogens with two attached hydrogens (primary N) is 1. The third-order valence-electron chi connectivity index (χ3n) is 3.31. The number of hydrogen-bond donors (Lipinski definition) is 2. The van der Waals surface area contributed by atoms with E-state index >= 15 is 0 Å². The molecule has 0 saturated carbocycles. The first-order chi connectivity index (χ1) is 9.66. The van der Waals surface area contributed by atoms with E-state index in [0.29, 0.717) is 36.9 Å². The van der Waals surface area contributed by atoms with Crippen LogP contribution in [0.1, 0.15) is 15.2 Å². The smallest absolute Gasteiger partial charge is 0.277 e. The summed E-state index contributed by atoms with van der Waals surface area (Å²) in [4.78, 5) is 17.9. The molecule has 0 bridgehead atoms. The summed E-state index contributed by atoms with van der Waals surface area (Å²) < 4.78 is 5.25. The highest BCUT2D eigenvalue weighted by molar-refractivity contribution is 7.21. The Labute approximate surface area is 120 Å². The highest BCUT2D eigenvalue weighted by Crippen LogP contribution is 2.34. The van der Waals surface area contributed by atoms with E-state index in [-0.39, 0.29) is 5.91 Å². The lowest BCUT2D eigenvalue weighted by Crippen LogP contribution is -2.48. The maximum Gasteiger partial charge on any atom is 0.277 e. The number of thiophene rings is 1. The number of carbonyl (C=O) groups excluding carboxylic acids is 1. The highest BCUT2D eigenvalue weighted by Gasteiger charge is 2.21. The molecular weight excluding hydrogens is 276 g/mol. The Morgan fingerprint density at radius 2 is 2.25 bits per heavy atom. The fourth-order valence-corrected chi connectivity index (χ4v) is 3.27. The zero-order valence-corrected chi connectivity index (χ0v) is 12.0. The van der Waals surface area contributed by atoms with Gasteiger partial charge >= 0.3 is 0 Å². The molecule has 0 unspecified atom stereocenters. The first-order valence-electron chi connectivity index (χ1n) is 6.44. The van der Waals surface area contributed by atoms with Gasteiger partial charge in [0.25, 0.3) is 5.91 Å². The SMILES string of the molecule is Cc1ccnc2sc(C(=O)NN3CCOCC3)c(N)c12. The fourth-order valence-electron chi connectivity index (χ4n) is 2.24. The Bertz CT molecular complexity index is 649. The maximum atomic E-state index is 12.3. The minimum atomic E-state index is -0.174. The molecule has 2 aromatic heterocycles.